The highest BCUT2D eigenvalue weighted by molar-refractivity contribution is 6.32. The Bertz CT molecular complexity index is 1110. The first-order valence-corrected chi connectivity index (χ1v) is 12.0. The Morgan fingerprint density at radius 3 is 2.70 bits per heavy atom. The van der Waals surface area contributed by atoms with E-state index in [9.17, 15) is 9.18 Å². The van der Waals surface area contributed by atoms with Gasteiger partial charge < -0.3 is 10.1 Å². The summed E-state index contributed by atoms with van der Waals surface area (Å²) in [6, 6.07) is 8.09. The molecule has 3 heterocycles. The molecule has 2 aliphatic heterocycles. The molecule has 2 aromatic rings. The number of benzene rings is 1. The Balaban J connectivity index is 1.31. The van der Waals surface area contributed by atoms with Crippen LogP contribution in [0.15, 0.2) is 24.4 Å². The lowest BCUT2D eigenvalue weighted by molar-refractivity contribution is -0.123. The number of carbonyl (C=O) groups is 1. The molecule has 33 heavy (non-hydrogen) atoms. The van der Waals surface area contributed by atoms with E-state index in [0.29, 0.717) is 23.4 Å². The molecule has 0 unspecified atom stereocenters. The zero-order valence-corrected chi connectivity index (χ0v) is 19.4. The maximum Gasteiger partial charge on any atom is 0.229 e. The van der Waals surface area contributed by atoms with Gasteiger partial charge in [-0.05, 0) is 80.8 Å². The number of ether oxygens (including phenoxy) is 1. The van der Waals surface area contributed by atoms with Gasteiger partial charge in [-0.15, -0.1) is 0 Å². The number of hydrogen-bond donors (Lipinski definition) is 1. The number of aromatic nitrogens is 1. The molecule has 1 aromatic carbocycles. The zero-order chi connectivity index (χ0) is 23.2. The molecule has 3 fully saturated rings. The van der Waals surface area contributed by atoms with E-state index in [1.165, 1.54) is 0 Å². The normalized spacial score (nSPS) is 30.7. The maximum absolute atomic E-state index is 14.4. The van der Waals surface area contributed by atoms with E-state index >= 15 is 0 Å². The molecule has 174 valence electrons. The highest BCUT2D eigenvalue weighted by Gasteiger charge is 2.46. The van der Waals surface area contributed by atoms with Crippen LogP contribution in [0, 0.1) is 23.2 Å². The average molecular weight is 471 g/mol. The summed E-state index contributed by atoms with van der Waals surface area (Å²) < 4.78 is 19.8. The molecule has 1 N–H and O–H groups in total. The molecule has 1 amide bonds. The van der Waals surface area contributed by atoms with Gasteiger partial charge in [-0.3, -0.25) is 9.69 Å². The van der Waals surface area contributed by atoms with Crippen LogP contribution < -0.4 is 5.32 Å². The van der Waals surface area contributed by atoms with Crippen molar-refractivity contribution in [2.24, 2.45) is 11.8 Å². The predicted octanol–water partition coefficient (Wildman–Crippen LogP) is 4.68. The third-order valence-corrected chi connectivity index (χ3v) is 8.18. The Kier molecular flexibility index (Phi) is 6.02. The van der Waals surface area contributed by atoms with Crippen molar-refractivity contribution >= 4 is 34.1 Å². The van der Waals surface area contributed by atoms with Gasteiger partial charge in [0.15, 0.2) is 0 Å². The summed E-state index contributed by atoms with van der Waals surface area (Å²) in [7, 11) is 0. The summed E-state index contributed by atoms with van der Waals surface area (Å²) in [5, 5.41) is 14.6. The third-order valence-electron chi connectivity index (χ3n) is 7.86. The van der Waals surface area contributed by atoms with Crippen molar-refractivity contribution < 1.29 is 13.9 Å². The monoisotopic (exact) mass is 470 g/mol. The smallest absolute Gasteiger partial charge is 0.229 e. The second kappa shape index (κ2) is 8.83. The summed E-state index contributed by atoms with van der Waals surface area (Å²) in [6.07, 6.45) is 4.08. The summed E-state index contributed by atoms with van der Waals surface area (Å²) >= 11 is 6.65. The largest absolute Gasteiger partial charge is 0.376 e. The van der Waals surface area contributed by atoms with Crippen molar-refractivity contribution in [2.75, 3.05) is 31.6 Å². The molecule has 3 aliphatic rings. The predicted molar refractivity (Wildman–Crippen MR) is 125 cm³/mol. The number of nitriles is 1. The van der Waals surface area contributed by atoms with Crippen LogP contribution in [0.25, 0.3) is 10.8 Å². The SMILES string of the molecule is C[C@@]1(N2CCC(c3cc4cc(NC(=O)[C@@H]5CC[C@@H]5C#N)ncc4cc3Cl)CC2)COC[C@@H]1F. The van der Waals surface area contributed by atoms with E-state index in [4.69, 9.17) is 21.6 Å². The maximum atomic E-state index is 14.4. The van der Waals surface area contributed by atoms with Gasteiger partial charge in [0.1, 0.15) is 12.0 Å². The number of carbonyl (C=O) groups excluding carboxylic acids is 1. The number of amides is 1. The molecule has 0 bridgehead atoms. The molecule has 0 radical (unpaired) electrons. The van der Waals surface area contributed by atoms with E-state index < -0.39 is 11.7 Å². The van der Waals surface area contributed by atoms with Crippen molar-refractivity contribution in [3.8, 4) is 6.07 Å². The number of halogens is 2. The first kappa shape index (κ1) is 22.5. The topological polar surface area (TPSA) is 78.3 Å². The quantitative estimate of drug-likeness (QED) is 0.701. The first-order chi connectivity index (χ1) is 15.9. The van der Waals surface area contributed by atoms with Crippen LogP contribution in [0.1, 0.15) is 44.1 Å². The van der Waals surface area contributed by atoms with E-state index in [0.717, 1.165) is 55.1 Å². The van der Waals surface area contributed by atoms with Crippen LogP contribution in [0.2, 0.25) is 5.02 Å². The average Bonchev–Trinajstić information content (AvgIpc) is 3.12. The van der Waals surface area contributed by atoms with Gasteiger partial charge in [-0.25, -0.2) is 9.37 Å². The minimum atomic E-state index is -0.956. The van der Waals surface area contributed by atoms with Crippen molar-refractivity contribution in [3.63, 3.8) is 0 Å². The second-order valence-corrected chi connectivity index (χ2v) is 10.2. The van der Waals surface area contributed by atoms with Gasteiger partial charge >= 0.3 is 0 Å². The summed E-state index contributed by atoms with van der Waals surface area (Å²) in [6.45, 7) is 4.18. The number of likely N-dealkylation sites (tertiary alicyclic amines) is 1. The number of pyridine rings is 1. The first-order valence-electron chi connectivity index (χ1n) is 11.7. The molecular formula is C25H28ClFN4O2. The Morgan fingerprint density at radius 2 is 2.06 bits per heavy atom. The second-order valence-electron chi connectivity index (χ2n) is 9.80. The molecular weight excluding hydrogens is 443 g/mol. The van der Waals surface area contributed by atoms with Crippen LogP contribution in [-0.2, 0) is 9.53 Å². The fourth-order valence-electron chi connectivity index (χ4n) is 5.38. The van der Waals surface area contributed by atoms with Crippen molar-refractivity contribution in [2.45, 2.75) is 50.2 Å². The fraction of sp³-hybridized carbons (Fsp3) is 0.560. The molecule has 4 atom stereocenters. The Morgan fingerprint density at radius 1 is 1.27 bits per heavy atom. The van der Waals surface area contributed by atoms with Crippen LogP contribution in [0.3, 0.4) is 0 Å². The van der Waals surface area contributed by atoms with Gasteiger partial charge in [-0.1, -0.05) is 11.6 Å². The molecule has 6 nitrogen and oxygen atoms in total. The van der Waals surface area contributed by atoms with Crippen molar-refractivity contribution in [1.82, 2.24) is 9.88 Å². The number of hydrogen-bond acceptors (Lipinski definition) is 5. The summed E-state index contributed by atoms with van der Waals surface area (Å²) in [5.41, 5.74) is 0.544. The molecule has 1 saturated carbocycles. The number of piperidine rings is 1. The molecule has 1 aromatic heterocycles. The zero-order valence-electron chi connectivity index (χ0n) is 18.7. The number of nitrogens with zero attached hydrogens (tertiary/aromatic N) is 3. The van der Waals surface area contributed by atoms with Crippen molar-refractivity contribution in [3.05, 3.63) is 35.0 Å². The minimum absolute atomic E-state index is 0.142. The molecule has 2 saturated heterocycles. The lowest BCUT2D eigenvalue weighted by atomic mass is 9.74. The van der Waals surface area contributed by atoms with E-state index in [2.05, 4.69) is 27.3 Å². The summed E-state index contributed by atoms with van der Waals surface area (Å²) in [4.78, 5) is 19.1. The number of anilines is 1. The molecule has 1 aliphatic carbocycles. The van der Waals surface area contributed by atoms with Gasteiger partial charge in [0.2, 0.25) is 5.91 Å². The van der Waals surface area contributed by atoms with Crippen LogP contribution in [-0.4, -0.2) is 53.8 Å². The molecule has 0 spiro atoms. The molecule has 5 rings (SSSR count). The number of rotatable bonds is 4. The summed E-state index contributed by atoms with van der Waals surface area (Å²) in [5.74, 6) is 0.181. The van der Waals surface area contributed by atoms with Crippen LogP contribution >= 0.6 is 11.6 Å². The van der Waals surface area contributed by atoms with Gasteiger partial charge in [0.05, 0.1) is 36.7 Å². The standard InChI is InChI=1S/C25H28ClFN4O2/c1-25(14-33-13-22(25)27)31-6-4-15(5-7-31)20-8-17-10-23(29-12-18(17)9-21(20)26)30-24(32)19-3-2-16(19)11-28/h8-10,12,15-16,19,22H,2-7,13-14H2,1H3,(H,29,30,32)/t16-,19-,22+,25-/m1/s1. The van der Waals surface area contributed by atoms with E-state index in [-0.39, 0.29) is 24.3 Å². The fourth-order valence-corrected chi connectivity index (χ4v) is 5.71. The third kappa shape index (κ3) is 4.09. The Labute approximate surface area is 198 Å². The Hall–Kier alpha value is -2.27. The van der Waals surface area contributed by atoms with Crippen LogP contribution in [0.5, 0.6) is 0 Å². The number of fused-ring (bicyclic) bond motifs is 1. The highest BCUT2D eigenvalue weighted by atomic mass is 35.5. The minimum Gasteiger partial charge on any atom is -0.376 e. The number of alkyl halides is 1. The van der Waals surface area contributed by atoms with Crippen LogP contribution in [0.4, 0.5) is 10.2 Å². The van der Waals surface area contributed by atoms with Gasteiger partial charge in [0, 0.05) is 16.6 Å². The van der Waals surface area contributed by atoms with Gasteiger partial charge in [-0.2, -0.15) is 5.26 Å². The van der Waals surface area contributed by atoms with Gasteiger partial charge in [0.25, 0.3) is 0 Å². The van der Waals surface area contributed by atoms with E-state index in [1.54, 1.807) is 6.20 Å². The number of nitrogens with one attached hydrogen (secondary N) is 1. The lowest BCUT2D eigenvalue weighted by Gasteiger charge is -2.43. The lowest BCUT2D eigenvalue weighted by Crippen LogP contribution is -2.55. The highest BCUT2D eigenvalue weighted by Crippen LogP contribution is 2.39. The van der Waals surface area contributed by atoms with Crippen molar-refractivity contribution in [1.29, 1.82) is 5.26 Å². The molecule has 8 heteroatoms. The van der Waals surface area contributed by atoms with E-state index in [1.807, 2.05) is 19.1 Å².